The first-order valence-electron chi connectivity index (χ1n) is 8.28. The van der Waals surface area contributed by atoms with Gasteiger partial charge in [0.1, 0.15) is 5.60 Å². The van der Waals surface area contributed by atoms with Crippen LogP contribution in [0.15, 0.2) is 80.3 Å². The molecule has 0 aliphatic carbocycles. The Morgan fingerprint density at radius 1 is 0.962 bits per heavy atom. The van der Waals surface area contributed by atoms with Crippen LogP contribution in [0.4, 0.5) is 0 Å². The summed E-state index contributed by atoms with van der Waals surface area (Å²) < 4.78 is 32.0. The third kappa shape index (κ3) is 3.19. The zero-order valence-electron chi connectivity index (χ0n) is 14.8. The number of rotatable bonds is 5. The van der Waals surface area contributed by atoms with E-state index in [0.29, 0.717) is 4.91 Å². The second-order valence-corrected chi connectivity index (χ2v) is 9.51. The maximum absolute atomic E-state index is 13.2. The van der Waals surface area contributed by atoms with E-state index >= 15 is 0 Å². The average molecular weight is 389 g/mol. The van der Waals surface area contributed by atoms with Gasteiger partial charge in [-0.2, -0.15) is 0 Å². The molecule has 0 saturated heterocycles. The van der Waals surface area contributed by atoms with Crippen LogP contribution in [0, 0.1) is 5.92 Å². The standard InChI is InChI=1S/C20H20O4S2/c1-14(2)20(3)18(25-15-10-6-4-7-11-15)17(19(21)24-20)26(22,23)16-12-8-5-9-13-16/h4-14H,1-3H3. The Morgan fingerprint density at radius 2 is 1.50 bits per heavy atom. The van der Waals surface area contributed by atoms with Crippen LogP contribution in [-0.2, 0) is 19.4 Å². The maximum Gasteiger partial charge on any atom is 0.352 e. The lowest BCUT2D eigenvalue weighted by atomic mass is 9.92. The van der Waals surface area contributed by atoms with E-state index < -0.39 is 21.4 Å². The number of hydrogen-bond donors (Lipinski definition) is 0. The fourth-order valence-corrected chi connectivity index (χ4v) is 5.78. The summed E-state index contributed by atoms with van der Waals surface area (Å²) in [5.74, 6) is -0.871. The van der Waals surface area contributed by atoms with Crippen LogP contribution in [-0.4, -0.2) is 20.0 Å². The first kappa shape index (κ1) is 18.7. The van der Waals surface area contributed by atoms with Crippen LogP contribution in [0.2, 0.25) is 0 Å². The topological polar surface area (TPSA) is 60.4 Å². The summed E-state index contributed by atoms with van der Waals surface area (Å²) >= 11 is 1.27. The van der Waals surface area contributed by atoms with Crippen molar-refractivity contribution in [2.45, 2.75) is 36.2 Å². The first-order chi connectivity index (χ1) is 12.3. The summed E-state index contributed by atoms with van der Waals surface area (Å²) in [4.78, 5) is 13.8. The molecule has 1 heterocycles. The fourth-order valence-electron chi connectivity index (χ4n) is 2.69. The Labute approximate surface area is 158 Å². The van der Waals surface area contributed by atoms with Gasteiger partial charge >= 0.3 is 5.97 Å². The minimum atomic E-state index is -3.98. The van der Waals surface area contributed by atoms with Crippen molar-refractivity contribution in [3.05, 3.63) is 70.5 Å². The minimum Gasteiger partial charge on any atom is -0.449 e. The number of hydrogen-bond acceptors (Lipinski definition) is 5. The van der Waals surface area contributed by atoms with Crippen LogP contribution in [0.1, 0.15) is 20.8 Å². The third-order valence-electron chi connectivity index (χ3n) is 4.53. The molecule has 2 aromatic carbocycles. The van der Waals surface area contributed by atoms with E-state index in [0.717, 1.165) is 4.90 Å². The van der Waals surface area contributed by atoms with Crippen molar-refractivity contribution in [2.24, 2.45) is 5.92 Å². The quantitative estimate of drug-likeness (QED) is 0.709. The van der Waals surface area contributed by atoms with Gasteiger partial charge in [0.05, 0.1) is 9.80 Å². The van der Waals surface area contributed by atoms with E-state index in [-0.39, 0.29) is 15.7 Å². The molecule has 136 valence electrons. The Kier molecular flexibility index (Phi) is 4.99. The van der Waals surface area contributed by atoms with Crippen LogP contribution < -0.4 is 0 Å². The Balaban J connectivity index is 2.22. The van der Waals surface area contributed by atoms with Crippen molar-refractivity contribution in [1.29, 1.82) is 0 Å². The molecule has 2 aromatic rings. The monoisotopic (exact) mass is 388 g/mol. The lowest BCUT2D eigenvalue weighted by molar-refractivity contribution is -0.147. The van der Waals surface area contributed by atoms with E-state index in [1.165, 1.54) is 23.9 Å². The Bertz CT molecular complexity index is 948. The molecular weight excluding hydrogens is 368 g/mol. The van der Waals surface area contributed by atoms with Gasteiger partial charge < -0.3 is 4.74 Å². The zero-order valence-corrected chi connectivity index (χ0v) is 16.4. The SMILES string of the molecule is CC(C)C1(C)OC(=O)C(S(=O)(=O)c2ccccc2)=C1Sc1ccccc1. The van der Waals surface area contributed by atoms with Gasteiger partial charge in [0.15, 0.2) is 4.91 Å². The van der Waals surface area contributed by atoms with E-state index in [9.17, 15) is 13.2 Å². The predicted molar refractivity (Wildman–Crippen MR) is 102 cm³/mol. The number of esters is 1. The molecule has 0 radical (unpaired) electrons. The van der Waals surface area contributed by atoms with Crippen molar-refractivity contribution in [2.75, 3.05) is 0 Å². The van der Waals surface area contributed by atoms with Gasteiger partial charge in [0.25, 0.3) is 0 Å². The van der Waals surface area contributed by atoms with Crippen LogP contribution >= 0.6 is 11.8 Å². The molecule has 3 rings (SSSR count). The number of sulfone groups is 1. The molecule has 6 heteroatoms. The van der Waals surface area contributed by atoms with Gasteiger partial charge in [-0.25, -0.2) is 13.2 Å². The van der Waals surface area contributed by atoms with E-state index in [2.05, 4.69) is 0 Å². The van der Waals surface area contributed by atoms with Crippen molar-refractivity contribution in [3.63, 3.8) is 0 Å². The van der Waals surface area contributed by atoms with Gasteiger partial charge in [-0.3, -0.25) is 0 Å². The Hall–Kier alpha value is -2.05. The molecule has 0 saturated carbocycles. The average Bonchev–Trinajstić information content (AvgIpc) is 2.88. The molecular formula is C20H20O4S2. The second-order valence-electron chi connectivity index (χ2n) is 6.54. The highest BCUT2D eigenvalue weighted by molar-refractivity contribution is 8.05. The third-order valence-corrected chi connectivity index (χ3v) is 7.79. The fraction of sp³-hybridized carbons (Fsp3) is 0.250. The summed E-state index contributed by atoms with van der Waals surface area (Å²) in [6.45, 7) is 5.60. The van der Waals surface area contributed by atoms with Crippen LogP contribution in [0.3, 0.4) is 0 Å². The van der Waals surface area contributed by atoms with Crippen molar-refractivity contribution < 1.29 is 17.9 Å². The molecule has 0 fully saturated rings. The molecule has 26 heavy (non-hydrogen) atoms. The van der Waals surface area contributed by atoms with Gasteiger partial charge in [0, 0.05) is 4.90 Å². The lowest BCUT2D eigenvalue weighted by Gasteiger charge is -2.30. The van der Waals surface area contributed by atoms with Crippen molar-refractivity contribution in [1.82, 2.24) is 0 Å². The van der Waals surface area contributed by atoms with Crippen molar-refractivity contribution >= 4 is 27.6 Å². The molecule has 1 unspecified atom stereocenters. The molecule has 0 N–H and O–H groups in total. The molecule has 0 amide bonds. The summed E-state index contributed by atoms with van der Waals surface area (Å²) in [6, 6.07) is 17.4. The summed E-state index contributed by atoms with van der Waals surface area (Å²) in [5.41, 5.74) is -0.991. The van der Waals surface area contributed by atoms with Gasteiger partial charge in [0.2, 0.25) is 9.84 Å². The lowest BCUT2D eigenvalue weighted by Crippen LogP contribution is -2.33. The van der Waals surface area contributed by atoms with Gasteiger partial charge in [-0.15, -0.1) is 0 Å². The van der Waals surface area contributed by atoms with Crippen LogP contribution in [0.25, 0.3) is 0 Å². The summed E-state index contributed by atoms with van der Waals surface area (Å²) in [6.07, 6.45) is 0. The molecule has 1 aliphatic rings. The maximum atomic E-state index is 13.2. The van der Waals surface area contributed by atoms with Gasteiger partial charge in [-0.1, -0.05) is 62.0 Å². The molecule has 4 nitrogen and oxygen atoms in total. The normalized spacial score (nSPS) is 20.5. The highest BCUT2D eigenvalue weighted by Gasteiger charge is 2.51. The van der Waals surface area contributed by atoms with E-state index in [1.807, 2.05) is 44.2 Å². The highest BCUT2D eigenvalue weighted by Crippen LogP contribution is 2.49. The smallest absolute Gasteiger partial charge is 0.352 e. The summed E-state index contributed by atoms with van der Waals surface area (Å²) in [5, 5.41) is 0. The molecule has 0 bridgehead atoms. The number of thioether (sulfide) groups is 1. The predicted octanol–water partition coefficient (Wildman–Crippen LogP) is 4.44. The second kappa shape index (κ2) is 6.93. The number of cyclic esters (lactones) is 1. The number of carbonyl (C=O) groups excluding carboxylic acids is 1. The molecule has 1 aliphatic heterocycles. The van der Waals surface area contributed by atoms with Crippen LogP contribution in [0.5, 0.6) is 0 Å². The molecule has 0 aromatic heterocycles. The molecule has 1 atom stereocenters. The summed E-state index contributed by atoms with van der Waals surface area (Å²) in [7, 11) is -3.98. The Morgan fingerprint density at radius 3 is 2.04 bits per heavy atom. The van der Waals surface area contributed by atoms with E-state index in [1.54, 1.807) is 25.1 Å². The van der Waals surface area contributed by atoms with Crippen molar-refractivity contribution in [3.8, 4) is 0 Å². The first-order valence-corrected chi connectivity index (χ1v) is 10.6. The largest absolute Gasteiger partial charge is 0.449 e. The minimum absolute atomic E-state index is 0.0823. The number of ether oxygens (including phenoxy) is 1. The zero-order chi connectivity index (χ0) is 18.9. The molecule has 0 spiro atoms. The number of carbonyl (C=O) groups is 1. The number of benzene rings is 2. The highest BCUT2D eigenvalue weighted by atomic mass is 32.2. The van der Waals surface area contributed by atoms with Gasteiger partial charge in [-0.05, 0) is 37.1 Å². The van der Waals surface area contributed by atoms with E-state index in [4.69, 9.17) is 4.74 Å².